The zero-order chi connectivity index (χ0) is 7.28. The highest BCUT2D eigenvalue weighted by atomic mass is 16.1. The second kappa shape index (κ2) is 9.59. The van der Waals surface area contributed by atoms with E-state index in [-0.39, 0.29) is 26.7 Å². The SMILES string of the molecule is C.C.CNC(CCN)C(C)=O. The van der Waals surface area contributed by atoms with Gasteiger partial charge in [-0.05, 0) is 26.9 Å². The number of carbonyl (C=O) groups excluding carboxylic acids is 1. The summed E-state index contributed by atoms with van der Waals surface area (Å²) in [5.41, 5.74) is 5.25. The van der Waals surface area contributed by atoms with Crippen molar-refractivity contribution >= 4 is 5.78 Å². The third kappa shape index (κ3) is 7.49. The number of rotatable bonds is 4. The molecule has 70 valence electrons. The quantitative estimate of drug-likeness (QED) is 0.642. The summed E-state index contributed by atoms with van der Waals surface area (Å²) in [6, 6.07) is -0.0463. The zero-order valence-electron chi connectivity index (χ0n) is 5.98. The van der Waals surface area contributed by atoms with Crippen LogP contribution >= 0.6 is 0 Å². The van der Waals surface area contributed by atoms with Crippen molar-refractivity contribution in [2.24, 2.45) is 5.73 Å². The van der Waals surface area contributed by atoms with Crippen molar-refractivity contribution in [3.63, 3.8) is 0 Å². The van der Waals surface area contributed by atoms with Gasteiger partial charge in [0.1, 0.15) is 5.78 Å². The predicted molar refractivity (Wildman–Crippen MR) is 50.7 cm³/mol. The van der Waals surface area contributed by atoms with Gasteiger partial charge >= 0.3 is 0 Å². The van der Waals surface area contributed by atoms with E-state index in [4.69, 9.17) is 5.73 Å². The Kier molecular flexibility index (Phi) is 14.7. The summed E-state index contributed by atoms with van der Waals surface area (Å²) in [6.45, 7) is 2.13. The largest absolute Gasteiger partial charge is 0.330 e. The van der Waals surface area contributed by atoms with Crippen LogP contribution in [0.1, 0.15) is 28.2 Å². The molecular weight excluding hydrogens is 140 g/mol. The standard InChI is InChI=1S/C6H14N2O.2CH4/c1-5(9)6(8-2)3-4-7;;/h6,8H,3-4,7H2,1-2H3;2*1H4. The molecule has 3 nitrogen and oxygen atoms in total. The molecule has 11 heavy (non-hydrogen) atoms. The van der Waals surface area contributed by atoms with Crippen molar-refractivity contribution in [3.8, 4) is 0 Å². The molecule has 0 aromatic rings. The van der Waals surface area contributed by atoms with E-state index in [0.29, 0.717) is 6.54 Å². The topological polar surface area (TPSA) is 55.1 Å². The summed E-state index contributed by atoms with van der Waals surface area (Å²) in [7, 11) is 1.77. The van der Waals surface area contributed by atoms with E-state index in [2.05, 4.69) is 5.32 Å². The van der Waals surface area contributed by atoms with Crippen LogP contribution in [0.2, 0.25) is 0 Å². The Bertz CT molecular complexity index is 94.1. The molecule has 1 unspecified atom stereocenters. The minimum absolute atomic E-state index is 0. The third-order valence-electron chi connectivity index (χ3n) is 1.29. The van der Waals surface area contributed by atoms with Gasteiger partial charge in [0.05, 0.1) is 6.04 Å². The van der Waals surface area contributed by atoms with E-state index < -0.39 is 0 Å². The third-order valence-corrected chi connectivity index (χ3v) is 1.29. The first-order valence-electron chi connectivity index (χ1n) is 3.10. The van der Waals surface area contributed by atoms with Crippen LogP contribution in [0.25, 0.3) is 0 Å². The molecule has 0 aromatic heterocycles. The number of nitrogens with two attached hydrogens (primary N) is 1. The minimum Gasteiger partial charge on any atom is -0.330 e. The highest BCUT2D eigenvalue weighted by Crippen LogP contribution is 1.88. The highest BCUT2D eigenvalue weighted by molar-refractivity contribution is 5.81. The normalized spacial score (nSPS) is 10.8. The van der Waals surface area contributed by atoms with E-state index in [1.54, 1.807) is 14.0 Å². The summed E-state index contributed by atoms with van der Waals surface area (Å²) >= 11 is 0. The van der Waals surface area contributed by atoms with Gasteiger partial charge in [-0.3, -0.25) is 4.79 Å². The fourth-order valence-electron chi connectivity index (χ4n) is 0.718. The van der Waals surface area contributed by atoms with E-state index >= 15 is 0 Å². The van der Waals surface area contributed by atoms with E-state index in [9.17, 15) is 4.79 Å². The summed E-state index contributed by atoms with van der Waals surface area (Å²) in [5.74, 6) is 0.156. The van der Waals surface area contributed by atoms with Crippen molar-refractivity contribution in [2.45, 2.75) is 34.2 Å². The molecule has 1 atom stereocenters. The maximum Gasteiger partial charge on any atom is 0.146 e. The minimum atomic E-state index is -0.0463. The van der Waals surface area contributed by atoms with Crippen LogP contribution in [0.3, 0.4) is 0 Å². The summed E-state index contributed by atoms with van der Waals surface area (Å²) in [5, 5.41) is 2.87. The molecule has 0 aromatic carbocycles. The summed E-state index contributed by atoms with van der Waals surface area (Å²) in [6.07, 6.45) is 0.728. The van der Waals surface area contributed by atoms with Crippen LogP contribution < -0.4 is 11.1 Å². The number of ketones is 1. The molecule has 0 saturated carbocycles. The fraction of sp³-hybridized carbons (Fsp3) is 0.875. The fourth-order valence-corrected chi connectivity index (χ4v) is 0.718. The van der Waals surface area contributed by atoms with Crippen LogP contribution in [-0.2, 0) is 4.79 Å². The van der Waals surface area contributed by atoms with Crippen molar-refractivity contribution < 1.29 is 4.79 Å². The maximum absolute atomic E-state index is 10.6. The predicted octanol–water partition coefficient (Wildman–Crippen LogP) is 0.784. The van der Waals surface area contributed by atoms with Gasteiger partial charge in [0, 0.05) is 0 Å². The number of hydrogen-bond acceptors (Lipinski definition) is 3. The first kappa shape index (κ1) is 16.9. The maximum atomic E-state index is 10.6. The lowest BCUT2D eigenvalue weighted by Crippen LogP contribution is -2.34. The Morgan fingerprint density at radius 2 is 2.00 bits per heavy atom. The average molecular weight is 162 g/mol. The van der Waals surface area contributed by atoms with Crippen LogP contribution in [0.5, 0.6) is 0 Å². The first-order valence-corrected chi connectivity index (χ1v) is 3.10. The van der Waals surface area contributed by atoms with Crippen molar-refractivity contribution in [3.05, 3.63) is 0 Å². The van der Waals surface area contributed by atoms with Gasteiger partial charge in [0.15, 0.2) is 0 Å². The summed E-state index contributed by atoms with van der Waals surface area (Å²) < 4.78 is 0. The number of likely N-dealkylation sites (N-methyl/N-ethyl adjacent to an activating group) is 1. The molecule has 3 heteroatoms. The Balaban J connectivity index is -0.000000320. The lowest BCUT2D eigenvalue weighted by atomic mass is 10.1. The van der Waals surface area contributed by atoms with Crippen LogP contribution in [0.4, 0.5) is 0 Å². The number of nitrogens with one attached hydrogen (secondary N) is 1. The molecule has 3 N–H and O–H groups in total. The second-order valence-electron chi connectivity index (χ2n) is 2.03. The molecule has 0 aliphatic rings. The Morgan fingerprint density at radius 3 is 2.09 bits per heavy atom. The molecule has 0 bridgehead atoms. The number of hydrogen-bond donors (Lipinski definition) is 2. The molecule has 0 saturated heterocycles. The molecule has 0 spiro atoms. The highest BCUT2D eigenvalue weighted by Gasteiger charge is 2.08. The van der Waals surface area contributed by atoms with Gasteiger partial charge in [0.25, 0.3) is 0 Å². The van der Waals surface area contributed by atoms with Gasteiger partial charge in [0.2, 0.25) is 0 Å². The van der Waals surface area contributed by atoms with Gasteiger partial charge < -0.3 is 11.1 Å². The van der Waals surface area contributed by atoms with Gasteiger partial charge in [-0.1, -0.05) is 14.9 Å². The number of Topliss-reactive ketones (excluding diaryl/α,β-unsaturated/α-hetero) is 1. The van der Waals surface area contributed by atoms with Gasteiger partial charge in [-0.15, -0.1) is 0 Å². The van der Waals surface area contributed by atoms with Crippen molar-refractivity contribution in [2.75, 3.05) is 13.6 Å². The summed E-state index contributed by atoms with van der Waals surface area (Å²) in [4.78, 5) is 10.6. The molecule has 0 amide bonds. The van der Waals surface area contributed by atoms with E-state index in [0.717, 1.165) is 6.42 Å². The zero-order valence-corrected chi connectivity index (χ0v) is 5.98. The van der Waals surface area contributed by atoms with Crippen LogP contribution in [0.15, 0.2) is 0 Å². The van der Waals surface area contributed by atoms with E-state index in [1.807, 2.05) is 0 Å². The smallest absolute Gasteiger partial charge is 0.146 e. The molecule has 0 heterocycles. The number of carbonyl (C=O) groups is 1. The Hall–Kier alpha value is -0.410. The average Bonchev–Trinajstić information content (AvgIpc) is 1.82. The molecule has 0 aliphatic carbocycles. The molecule has 0 fully saturated rings. The van der Waals surface area contributed by atoms with Gasteiger partial charge in [-0.25, -0.2) is 0 Å². The van der Waals surface area contributed by atoms with Crippen LogP contribution in [0, 0.1) is 0 Å². The van der Waals surface area contributed by atoms with E-state index in [1.165, 1.54) is 0 Å². The molecule has 0 radical (unpaired) electrons. The lowest BCUT2D eigenvalue weighted by Gasteiger charge is -2.09. The molecular formula is C8H22N2O. The van der Waals surface area contributed by atoms with Crippen LogP contribution in [-0.4, -0.2) is 25.4 Å². The monoisotopic (exact) mass is 162 g/mol. The Labute approximate surface area is 70.4 Å². The second-order valence-corrected chi connectivity index (χ2v) is 2.03. The Morgan fingerprint density at radius 1 is 1.55 bits per heavy atom. The first-order chi connectivity index (χ1) is 4.22. The lowest BCUT2D eigenvalue weighted by molar-refractivity contribution is -0.118. The van der Waals surface area contributed by atoms with Crippen molar-refractivity contribution in [1.29, 1.82) is 0 Å². The molecule has 0 rings (SSSR count). The van der Waals surface area contributed by atoms with Crippen molar-refractivity contribution in [1.82, 2.24) is 5.32 Å². The van der Waals surface area contributed by atoms with Gasteiger partial charge in [-0.2, -0.15) is 0 Å². The molecule has 0 aliphatic heterocycles.